The first-order valence-electron chi connectivity index (χ1n) is 4.93. The van der Waals surface area contributed by atoms with Crippen molar-refractivity contribution in [3.05, 3.63) is 40.5 Å². The number of rotatable bonds is 2. The third-order valence-corrected chi connectivity index (χ3v) is 2.59. The molecule has 0 spiro atoms. The maximum atomic E-state index is 11.9. The lowest BCUT2D eigenvalue weighted by Gasteiger charge is -2.07. The van der Waals surface area contributed by atoms with E-state index in [0.29, 0.717) is 11.3 Å². The van der Waals surface area contributed by atoms with E-state index in [1.165, 1.54) is 6.20 Å². The van der Waals surface area contributed by atoms with Gasteiger partial charge in [-0.25, -0.2) is 4.98 Å². The Labute approximate surface area is 103 Å². The van der Waals surface area contributed by atoms with E-state index in [1.54, 1.807) is 19.2 Å². The fraction of sp³-hybridized carbons (Fsp3) is 0.182. The monoisotopic (exact) mass is 251 g/mol. The van der Waals surface area contributed by atoms with Gasteiger partial charge < -0.3 is 9.84 Å². The molecule has 0 aliphatic rings. The van der Waals surface area contributed by atoms with Crippen molar-refractivity contribution in [1.29, 1.82) is 0 Å². The predicted molar refractivity (Wildman–Crippen MR) is 63.2 cm³/mol. The molecule has 0 radical (unpaired) electrons. The van der Waals surface area contributed by atoms with Crippen LogP contribution in [0, 0.1) is 13.8 Å². The topological polar surface area (TPSA) is 68.0 Å². The summed E-state index contributed by atoms with van der Waals surface area (Å²) in [5.74, 6) is -0.220. The Morgan fingerprint density at radius 2 is 2.18 bits per heavy atom. The van der Waals surface area contributed by atoms with Crippen LogP contribution in [-0.4, -0.2) is 16.0 Å². The van der Waals surface area contributed by atoms with Gasteiger partial charge in [0.25, 0.3) is 5.91 Å². The highest BCUT2D eigenvalue weighted by Crippen LogP contribution is 2.23. The van der Waals surface area contributed by atoms with Gasteiger partial charge in [-0.15, -0.1) is 0 Å². The number of hydrogen-bond acceptors (Lipinski definition) is 4. The van der Waals surface area contributed by atoms with Crippen LogP contribution in [0.5, 0.6) is 0 Å². The number of carbonyl (C=O) groups is 1. The van der Waals surface area contributed by atoms with E-state index in [2.05, 4.69) is 15.5 Å². The molecule has 1 N–H and O–H groups in total. The summed E-state index contributed by atoms with van der Waals surface area (Å²) in [7, 11) is 0. The maximum absolute atomic E-state index is 11.9. The second-order valence-electron chi connectivity index (χ2n) is 3.59. The van der Waals surface area contributed by atoms with Crippen LogP contribution >= 0.6 is 11.6 Å². The van der Waals surface area contributed by atoms with Crippen LogP contribution in [0.2, 0.25) is 5.15 Å². The van der Waals surface area contributed by atoms with Crippen LogP contribution in [-0.2, 0) is 0 Å². The first kappa shape index (κ1) is 11.6. The number of pyridine rings is 1. The van der Waals surface area contributed by atoms with E-state index < -0.39 is 5.91 Å². The van der Waals surface area contributed by atoms with Crippen LogP contribution in [0.3, 0.4) is 0 Å². The van der Waals surface area contributed by atoms with Crippen LogP contribution in [0.4, 0.5) is 5.69 Å². The summed E-state index contributed by atoms with van der Waals surface area (Å²) in [5.41, 5.74) is 1.98. The molecule has 0 atom stereocenters. The molecule has 17 heavy (non-hydrogen) atoms. The summed E-state index contributed by atoms with van der Waals surface area (Å²) in [4.78, 5) is 15.8. The number of anilines is 1. The van der Waals surface area contributed by atoms with Gasteiger partial charge in [0.15, 0.2) is 5.15 Å². The number of carbonyl (C=O) groups excluding carboxylic acids is 1. The number of halogens is 1. The summed E-state index contributed by atoms with van der Waals surface area (Å²) >= 11 is 5.90. The van der Waals surface area contributed by atoms with Crippen LogP contribution in [0.25, 0.3) is 0 Å². The molecule has 1 amide bonds. The zero-order valence-corrected chi connectivity index (χ0v) is 10.1. The van der Waals surface area contributed by atoms with Gasteiger partial charge >= 0.3 is 0 Å². The van der Waals surface area contributed by atoms with E-state index in [0.717, 1.165) is 5.56 Å². The third-order valence-electron chi connectivity index (χ3n) is 2.31. The van der Waals surface area contributed by atoms with Crippen molar-refractivity contribution in [2.75, 3.05) is 5.32 Å². The second kappa shape index (κ2) is 4.55. The van der Waals surface area contributed by atoms with E-state index >= 15 is 0 Å². The van der Waals surface area contributed by atoms with Crippen molar-refractivity contribution in [3.8, 4) is 0 Å². The Kier molecular flexibility index (Phi) is 3.10. The Hall–Kier alpha value is -1.88. The predicted octanol–water partition coefficient (Wildman–Crippen LogP) is 2.59. The molecule has 2 aromatic rings. The summed E-state index contributed by atoms with van der Waals surface area (Å²) in [6.45, 7) is 3.57. The molecule has 5 nitrogen and oxygen atoms in total. The van der Waals surface area contributed by atoms with Crippen LogP contribution in [0.15, 0.2) is 23.0 Å². The number of hydrogen-bond donors (Lipinski definition) is 1. The molecule has 0 aliphatic carbocycles. The molecule has 0 bridgehead atoms. The lowest BCUT2D eigenvalue weighted by Crippen LogP contribution is -2.13. The zero-order chi connectivity index (χ0) is 12.4. The molecule has 2 rings (SSSR count). The van der Waals surface area contributed by atoms with Gasteiger partial charge in [0, 0.05) is 11.8 Å². The smallest absolute Gasteiger partial charge is 0.294 e. The average Bonchev–Trinajstić information content (AvgIpc) is 2.70. The first-order valence-corrected chi connectivity index (χ1v) is 5.31. The summed E-state index contributed by atoms with van der Waals surface area (Å²) in [6.07, 6.45) is 3.06. The van der Waals surface area contributed by atoms with Crippen molar-refractivity contribution in [2.24, 2.45) is 0 Å². The van der Waals surface area contributed by atoms with Gasteiger partial charge in [-0.2, -0.15) is 0 Å². The van der Waals surface area contributed by atoms with Gasteiger partial charge in [0.05, 0.1) is 11.9 Å². The summed E-state index contributed by atoms with van der Waals surface area (Å²) in [6, 6.07) is 1.76. The fourth-order valence-corrected chi connectivity index (χ4v) is 1.61. The minimum Gasteiger partial charge on any atom is -0.351 e. The summed E-state index contributed by atoms with van der Waals surface area (Å²) in [5, 5.41) is 6.45. The van der Waals surface area contributed by atoms with Crippen molar-refractivity contribution in [1.82, 2.24) is 10.1 Å². The zero-order valence-electron chi connectivity index (χ0n) is 9.32. The quantitative estimate of drug-likeness (QED) is 0.833. The van der Waals surface area contributed by atoms with Crippen molar-refractivity contribution in [2.45, 2.75) is 13.8 Å². The van der Waals surface area contributed by atoms with Gasteiger partial charge in [0.1, 0.15) is 0 Å². The molecular weight excluding hydrogens is 242 g/mol. The van der Waals surface area contributed by atoms with Crippen molar-refractivity contribution < 1.29 is 9.32 Å². The van der Waals surface area contributed by atoms with Gasteiger partial charge in [-0.1, -0.05) is 16.8 Å². The van der Waals surface area contributed by atoms with Crippen LogP contribution in [0.1, 0.15) is 21.7 Å². The van der Waals surface area contributed by atoms with Gasteiger partial charge in [0.2, 0.25) is 5.76 Å². The molecular formula is C11H10ClN3O2. The average molecular weight is 252 g/mol. The van der Waals surface area contributed by atoms with Crippen molar-refractivity contribution >= 4 is 23.2 Å². The van der Waals surface area contributed by atoms with E-state index in [4.69, 9.17) is 16.1 Å². The Balaban J connectivity index is 2.28. The van der Waals surface area contributed by atoms with Crippen molar-refractivity contribution in [3.63, 3.8) is 0 Å². The van der Waals surface area contributed by atoms with Gasteiger partial charge in [-0.3, -0.25) is 4.79 Å². The highest BCUT2D eigenvalue weighted by Gasteiger charge is 2.16. The molecule has 6 heteroatoms. The van der Waals surface area contributed by atoms with Gasteiger partial charge in [-0.05, 0) is 25.5 Å². The van der Waals surface area contributed by atoms with E-state index in [9.17, 15) is 4.79 Å². The standard InChI is InChI=1S/C11H10ClN3O2/c1-6-3-4-13-10(12)8(6)15-11(16)9-7(2)5-14-17-9/h3-5H,1-2H3,(H,15,16). The first-order chi connectivity index (χ1) is 8.09. The Morgan fingerprint density at radius 1 is 1.41 bits per heavy atom. The molecule has 88 valence electrons. The summed E-state index contributed by atoms with van der Waals surface area (Å²) < 4.78 is 4.85. The Morgan fingerprint density at radius 3 is 2.76 bits per heavy atom. The molecule has 0 fully saturated rings. The highest BCUT2D eigenvalue weighted by atomic mass is 35.5. The molecule has 0 unspecified atom stereocenters. The maximum Gasteiger partial charge on any atom is 0.294 e. The van der Waals surface area contributed by atoms with Crippen LogP contribution < -0.4 is 5.32 Å². The minimum absolute atomic E-state index is 0.171. The third kappa shape index (κ3) is 2.29. The normalized spacial score (nSPS) is 10.3. The lowest BCUT2D eigenvalue weighted by atomic mass is 10.2. The molecule has 0 aromatic carbocycles. The van der Waals surface area contributed by atoms with E-state index in [1.807, 2.05) is 6.92 Å². The molecule has 2 aromatic heterocycles. The number of nitrogens with zero attached hydrogens (tertiary/aromatic N) is 2. The molecule has 0 saturated heterocycles. The second-order valence-corrected chi connectivity index (χ2v) is 3.94. The SMILES string of the molecule is Cc1cnoc1C(=O)Nc1c(C)ccnc1Cl. The number of aryl methyl sites for hydroxylation is 2. The van der Waals surface area contributed by atoms with E-state index in [-0.39, 0.29) is 10.9 Å². The highest BCUT2D eigenvalue weighted by molar-refractivity contribution is 6.32. The Bertz CT molecular complexity index is 545. The number of aromatic nitrogens is 2. The fourth-order valence-electron chi connectivity index (χ4n) is 1.35. The minimum atomic E-state index is -0.391. The molecule has 0 saturated carbocycles. The molecule has 0 aliphatic heterocycles. The molecule has 2 heterocycles. The lowest BCUT2D eigenvalue weighted by molar-refractivity contribution is 0.0987. The number of amides is 1. The number of nitrogens with one attached hydrogen (secondary N) is 1. The largest absolute Gasteiger partial charge is 0.351 e.